The van der Waals surface area contributed by atoms with E-state index in [0.29, 0.717) is 12.1 Å². The molecule has 0 spiro atoms. The Morgan fingerprint density at radius 3 is 2.62 bits per heavy atom. The summed E-state index contributed by atoms with van der Waals surface area (Å²) >= 11 is 0. The summed E-state index contributed by atoms with van der Waals surface area (Å²) in [6.45, 7) is 4.45. The van der Waals surface area contributed by atoms with Gasteiger partial charge in [-0.15, -0.1) is 0 Å². The van der Waals surface area contributed by atoms with Crippen molar-refractivity contribution in [2.75, 3.05) is 5.32 Å². The van der Waals surface area contributed by atoms with Crippen LogP contribution >= 0.6 is 0 Å². The van der Waals surface area contributed by atoms with E-state index in [-0.39, 0.29) is 17.7 Å². The second-order valence-electron chi connectivity index (χ2n) is 5.23. The standard InChI is InChI=1S/C17H20N2O2/c1-12(2)19-17(21)14-6-4-7-15(10-14)18-11-13-5-3-8-16(20)9-13/h3-10,12,18,20H,11H2,1-2H3,(H,19,21). The molecule has 3 N–H and O–H groups in total. The SMILES string of the molecule is CC(C)NC(=O)c1cccc(NCc2cccc(O)c2)c1. The van der Waals surface area contributed by atoms with Gasteiger partial charge >= 0.3 is 0 Å². The smallest absolute Gasteiger partial charge is 0.251 e. The number of benzene rings is 2. The lowest BCUT2D eigenvalue weighted by molar-refractivity contribution is 0.0943. The van der Waals surface area contributed by atoms with Crippen molar-refractivity contribution in [1.82, 2.24) is 5.32 Å². The number of carbonyl (C=O) groups excluding carboxylic acids is 1. The molecule has 2 rings (SSSR count). The van der Waals surface area contributed by atoms with Gasteiger partial charge < -0.3 is 15.7 Å². The molecule has 0 aliphatic rings. The predicted molar refractivity (Wildman–Crippen MR) is 84.5 cm³/mol. The number of nitrogens with one attached hydrogen (secondary N) is 2. The van der Waals surface area contributed by atoms with Crippen LogP contribution in [0.2, 0.25) is 0 Å². The van der Waals surface area contributed by atoms with Crippen molar-refractivity contribution in [1.29, 1.82) is 0 Å². The summed E-state index contributed by atoms with van der Waals surface area (Å²) in [6.07, 6.45) is 0. The second kappa shape index (κ2) is 6.79. The topological polar surface area (TPSA) is 61.4 Å². The molecule has 0 fully saturated rings. The minimum absolute atomic E-state index is 0.0778. The number of phenolic OH excluding ortho intramolecular Hbond substituents is 1. The van der Waals surface area contributed by atoms with Crippen LogP contribution in [0, 0.1) is 0 Å². The summed E-state index contributed by atoms with van der Waals surface area (Å²) < 4.78 is 0. The molecule has 0 heterocycles. The predicted octanol–water partition coefficient (Wildman–Crippen LogP) is 3.14. The van der Waals surface area contributed by atoms with Gasteiger partial charge in [0.25, 0.3) is 5.91 Å². The summed E-state index contributed by atoms with van der Waals surface area (Å²) in [7, 11) is 0. The fourth-order valence-electron chi connectivity index (χ4n) is 1.99. The number of hydrogen-bond acceptors (Lipinski definition) is 3. The van der Waals surface area contributed by atoms with Gasteiger partial charge in [0.2, 0.25) is 0 Å². The maximum absolute atomic E-state index is 12.0. The van der Waals surface area contributed by atoms with Gasteiger partial charge in [-0.3, -0.25) is 4.79 Å². The van der Waals surface area contributed by atoms with Crippen LogP contribution in [0.5, 0.6) is 5.75 Å². The molecule has 0 atom stereocenters. The van der Waals surface area contributed by atoms with Gasteiger partial charge in [0.15, 0.2) is 0 Å². The first kappa shape index (κ1) is 14.9. The third-order valence-electron chi connectivity index (χ3n) is 2.95. The Morgan fingerprint density at radius 1 is 1.14 bits per heavy atom. The Balaban J connectivity index is 2.02. The lowest BCUT2D eigenvalue weighted by Gasteiger charge is -2.11. The third kappa shape index (κ3) is 4.53. The zero-order valence-corrected chi connectivity index (χ0v) is 12.3. The first-order valence-corrected chi connectivity index (χ1v) is 6.97. The molecule has 0 aliphatic carbocycles. The Kier molecular flexibility index (Phi) is 4.82. The highest BCUT2D eigenvalue weighted by Gasteiger charge is 2.07. The number of phenols is 1. The molecule has 2 aromatic rings. The molecule has 0 radical (unpaired) electrons. The monoisotopic (exact) mass is 284 g/mol. The van der Waals surface area contributed by atoms with Crippen molar-refractivity contribution >= 4 is 11.6 Å². The minimum Gasteiger partial charge on any atom is -0.508 e. The summed E-state index contributed by atoms with van der Waals surface area (Å²) in [5, 5.41) is 15.5. The van der Waals surface area contributed by atoms with E-state index in [1.807, 2.05) is 38.1 Å². The van der Waals surface area contributed by atoms with Crippen molar-refractivity contribution in [3.8, 4) is 5.75 Å². The number of rotatable bonds is 5. The van der Waals surface area contributed by atoms with Crippen molar-refractivity contribution in [3.63, 3.8) is 0 Å². The van der Waals surface area contributed by atoms with E-state index in [9.17, 15) is 9.90 Å². The Hall–Kier alpha value is -2.49. The van der Waals surface area contributed by atoms with Crippen molar-refractivity contribution in [3.05, 3.63) is 59.7 Å². The van der Waals surface area contributed by atoms with E-state index in [4.69, 9.17) is 0 Å². The number of hydrogen-bond donors (Lipinski definition) is 3. The zero-order valence-electron chi connectivity index (χ0n) is 12.3. The Labute approximate surface area is 124 Å². The van der Waals surface area contributed by atoms with Gasteiger partial charge in [-0.2, -0.15) is 0 Å². The quantitative estimate of drug-likeness (QED) is 0.790. The summed E-state index contributed by atoms with van der Waals surface area (Å²) in [4.78, 5) is 12.0. The molecular formula is C17H20N2O2. The van der Waals surface area contributed by atoms with E-state index in [1.165, 1.54) is 0 Å². The zero-order chi connectivity index (χ0) is 15.2. The Morgan fingerprint density at radius 2 is 1.90 bits per heavy atom. The van der Waals surface area contributed by atoms with E-state index in [2.05, 4.69) is 10.6 Å². The van der Waals surface area contributed by atoms with Crippen LogP contribution in [0.15, 0.2) is 48.5 Å². The minimum atomic E-state index is -0.0778. The average Bonchev–Trinajstić information content (AvgIpc) is 2.45. The second-order valence-corrected chi connectivity index (χ2v) is 5.23. The van der Waals surface area contributed by atoms with Gasteiger partial charge in [0.1, 0.15) is 5.75 Å². The van der Waals surface area contributed by atoms with Crippen LogP contribution in [0.1, 0.15) is 29.8 Å². The Bertz CT molecular complexity index is 624. The van der Waals surface area contributed by atoms with Crippen LogP contribution in [-0.4, -0.2) is 17.1 Å². The molecule has 4 nitrogen and oxygen atoms in total. The third-order valence-corrected chi connectivity index (χ3v) is 2.95. The number of aromatic hydroxyl groups is 1. The molecule has 1 amide bonds. The molecule has 0 bridgehead atoms. The van der Waals surface area contributed by atoms with Crippen LogP contribution in [0.25, 0.3) is 0 Å². The largest absolute Gasteiger partial charge is 0.508 e. The average molecular weight is 284 g/mol. The lowest BCUT2D eigenvalue weighted by Crippen LogP contribution is -2.30. The van der Waals surface area contributed by atoms with Crippen molar-refractivity contribution in [2.24, 2.45) is 0 Å². The van der Waals surface area contributed by atoms with Gasteiger partial charge in [0.05, 0.1) is 0 Å². The summed E-state index contributed by atoms with van der Waals surface area (Å²) in [6, 6.07) is 14.6. The molecule has 0 unspecified atom stereocenters. The van der Waals surface area contributed by atoms with Gasteiger partial charge in [-0.1, -0.05) is 18.2 Å². The molecule has 4 heteroatoms. The molecular weight excluding hydrogens is 264 g/mol. The number of carbonyl (C=O) groups is 1. The maximum Gasteiger partial charge on any atom is 0.251 e. The molecule has 0 aliphatic heterocycles. The van der Waals surface area contributed by atoms with E-state index < -0.39 is 0 Å². The highest BCUT2D eigenvalue weighted by Crippen LogP contribution is 2.15. The fourth-order valence-corrected chi connectivity index (χ4v) is 1.99. The molecule has 110 valence electrons. The normalized spacial score (nSPS) is 10.4. The first-order chi connectivity index (χ1) is 10.0. The summed E-state index contributed by atoms with van der Waals surface area (Å²) in [5.74, 6) is 0.172. The van der Waals surface area contributed by atoms with Crippen LogP contribution in [0.4, 0.5) is 5.69 Å². The van der Waals surface area contributed by atoms with E-state index in [0.717, 1.165) is 11.3 Å². The molecule has 2 aromatic carbocycles. The fraction of sp³-hybridized carbons (Fsp3) is 0.235. The van der Waals surface area contributed by atoms with Crippen LogP contribution < -0.4 is 10.6 Å². The lowest BCUT2D eigenvalue weighted by atomic mass is 10.1. The molecule has 21 heavy (non-hydrogen) atoms. The first-order valence-electron chi connectivity index (χ1n) is 6.97. The van der Waals surface area contributed by atoms with Crippen molar-refractivity contribution < 1.29 is 9.90 Å². The van der Waals surface area contributed by atoms with Gasteiger partial charge in [-0.05, 0) is 49.7 Å². The van der Waals surface area contributed by atoms with Crippen LogP contribution in [-0.2, 0) is 6.54 Å². The van der Waals surface area contributed by atoms with Gasteiger partial charge in [-0.25, -0.2) is 0 Å². The van der Waals surface area contributed by atoms with Crippen LogP contribution in [0.3, 0.4) is 0 Å². The maximum atomic E-state index is 12.0. The molecule has 0 saturated heterocycles. The number of amides is 1. The van der Waals surface area contributed by atoms with E-state index >= 15 is 0 Å². The van der Waals surface area contributed by atoms with Gasteiger partial charge in [0, 0.05) is 23.8 Å². The highest BCUT2D eigenvalue weighted by molar-refractivity contribution is 5.95. The number of anilines is 1. The summed E-state index contributed by atoms with van der Waals surface area (Å²) in [5.41, 5.74) is 2.48. The van der Waals surface area contributed by atoms with Crippen molar-refractivity contribution in [2.45, 2.75) is 26.4 Å². The van der Waals surface area contributed by atoms with E-state index in [1.54, 1.807) is 24.3 Å². The molecule has 0 saturated carbocycles. The molecule has 0 aromatic heterocycles. The highest BCUT2D eigenvalue weighted by atomic mass is 16.3.